The number of aromatic carboxylic acids is 1. The van der Waals surface area contributed by atoms with Crippen LogP contribution in [0.3, 0.4) is 0 Å². The molecule has 30 heavy (non-hydrogen) atoms. The number of hydrogen-bond acceptors (Lipinski definition) is 5. The first kappa shape index (κ1) is 24.3. The van der Waals surface area contributed by atoms with Gasteiger partial charge in [0, 0.05) is 18.8 Å². The van der Waals surface area contributed by atoms with E-state index in [4.69, 9.17) is 4.74 Å². The molecule has 0 saturated carbocycles. The van der Waals surface area contributed by atoms with Crippen molar-refractivity contribution in [3.63, 3.8) is 0 Å². The Bertz CT molecular complexity index is 780. The summed E-state index contributed by atoms with van der Waals surface area (Å²) in [5.74, 6) is -0.0148. The van der Waals surface area contributed by atoms with Crippen molar-refractivity contribution < 1.29 is 23.7 Å². The van der Waals surface area contributed by atoms with Gasteiger partial charge in [-0.25, -0.2) is 4.79 Å². The van der Waals surface area contributed by atoms with E-state index in [1.807, 2.05) is 18.2 Å². The molecule has 6 nitrogen and oxygen atoms in total. The van der Waals surface area contributed by atoms with Gasteiger partial charge in [0.2, 0.25) is 0 Å². The summed E-state index contributed by atoms with van der Waals surface area (Å²) in [5.41, 5.74) is 0.645. The summed E-state index contributed by atoms with van der Waals surface area (Å²) < 4.78 is 27.8. The van der Waals surface area contributed by atoms with Crippen LogP contribution in [-0.4, -0.2) is 39.0 Å². The predicted molar refractivity (Wildman–Crippen MR) is 124 cm³/mol. The summed E-state index contributed by atoms with van der Waals surface area (Å²) in [6.07, 6.45) is 11.6. The average molecular weight is 438 g/mol. The fourth-order valence-electron chi connectivity index (χ4n) is 3.28. The van der Waals surface area contributed by atoms with Gasteiger partial charge in [0.25, 0.3) is 0 Å². The lowest BCUT2D eigenvalue weighted by Gasteiger charge is -2.36. The molecule has 0 unspecified atom stereocenters. The third-order valence-corrected chi connectivity index (χ3v) is 6.93. The number of carboxylic acid groups (broad SMARTS) is 1. The van der Waals surface area contributed by atoms with E-state index in [9.17, 15) is 19.0 Å². The molecule has 0 heterocycles. The van der Waals surface area contributed by atoms with Crippen molar-refractivity contribution in [1.29, 1.82) is 0 Å². The Hall–Kier alpha value is -1.96. The Balaban J connectivity index is 2.68. The first-order valence-corrected chi connectivity index (χ1v) is 12.5. The maximum Gasteiger partial charge on any atom is 0.335 e. The number of rotatable bonds is 12. The molecular formula is C23H35NO5S. The van der Waals surface area contributed by atoms with Crippen molar-refractivity contribution in [2.45, 2.75) is 64.2 Å². The Kier molecular flexibility index (Phi) is 9.27. The molecule has 0 aromatic heterocycles. The fourth-order valence-corrected chi connectivity index (χ4v) is 4.35. The smallest absolute Gasteiger partial charge is 0.335 e. The van der Waals surface area contributed by atoms with Gasteiger partial charge in [0.1, 0.15) is 10.7 Å². The quantitative estimate of drug-likeness (QED) is 0.344. The van der Waals surface area contributed by atoms with Crippen LogP contribution in [0.1, 0.15) is 69.7 Å². The zero-order chi connectivity index (χ0) is 22.1. The van der Waals surface area contributed by atoms with Crippen LogP contribution < -0.4 is 9.64 Å². The number of benzene rings is 1. The Morgan fingerprint density at radius 2 is 1.77 bits per heavy atom. The largest absolute Gasteiger partial charge is 0.478 e. The molecule has 168 valence electrons. The van der Waals surface area contributed by atoms with Crippen LogP contribution in [-0.2, 0) is 0 Å². The number of allylic oxidation sites excluding steroid dienone is 3. The van der Waals surface area contributed by atoms with E-state index in [1.165, 1.54) is 6.07 Å². The van der Waals surface area contributed by atoms with Crippen LogP contribution in [0.4, 0.5) is 5.69 Å². The molecule has 0 saturated heterocycles. The number of hydrogen-bond donors (Lipinski definition) is 3. The second-order valence-electron chi connectivity index (χ2n) is 7.47. The predicted octanol–water partition coefficient (Wildman–Crippen LogP) is 6.53. The molecule has 0 bridgehead atoms. The molecular weight excluding hydrogens is 402 g/mol. The van der Waals surface area contributed by atoms with Crippen LogP contribution in [0.15, 0.2) is 41.0 Å². The molecule has 0 fully saturated rings. The minimum absolute atomic E-state index is 0.0342. The third kappa shape index (κ3) is 6.27. The van der Waals surface area contributed by atoms with Crippen molar-refractivity contribution >= 4 is 22.2 Å². The zero-order valence-corrected chi connectivity index (χ0v) is 19.1. The number of anilines is 1. The van der Waals surface area contributed by atoms with Gasteiger partial charge in [0.05, 0.1) is 11.3 Å². The summed E-state index contributed by atoms with van der Waals surface area (Å²) in [6.45, 7) is 7.39. The molecule has 0 aliphatic heterocycles. The molecule has 0 radical (unpaired) electrons. The molecule has 3 N–H and O–H groups in total. The van der Waals surface area contributed by atoms with Crippen LogP contribution >= 0.6 is 10.6 Å². The molecule has 0 atom stereocenters. The molecule has 0 amide bonds. The van der Waals surface area contributed by atoms with Gasteiger partial charge in [-0.1, -0.05) is 32.8 Å². The van der Waals surface area contributed by atoms with E-state index >= 15 is 0 Å². The number of unbranched alkanes of at least 4 members (excludes halogenated alkanes) is 2. The zero-order valence-electron chi connectivity index (χ0n) is 18.3. The first-order valence-electron chi connectivity index (χ1n) is 10.8. The van der Waals surface area contributed by atoms with Gasteiger partial charge < -0.3 is 14.7 Å². The van der Waals surface area contributed by atoms with Gasteiger partial charge in [-0.05, 0) is 56.9 Å². The standard InChI is InChI=1S/C23H35NO5S/c1-4-7-14-24(15-8-5-2)20-16-18(23(25)26)17-21(30(27,28)6-3)22(20)29-19-12-10-9-11-13-19/h10,12-13,16-17,27-28H,4-9,11,14-15H2,1-3H3,(H,25,26). The summed E-state index contributed by atoms with van der Waals surface area (Å²) in [4.78, 5) is 14.1. The lowest BCUT2D eigenvalue weighted by Crippen LogP contribution is -2.27. The number of carboxylic acids is 1. The fraction of sp³-hybridized carbons (Fsp3) is 0.522. The van der Waals surface area contributed by atoms with Crippen LogP contribution in [0.5, 0.6) is 5.75 Å². The number of ether oxygens (including phenoxy) is 1. The minimum Gasteiger partial charge on any atom is -0.478 e. The SMILES string of the molecule is CCCCN(CCCC)c1cc(C(=O)O)cc(S(O)(O)CC)c1OC1=CCCC=C1. The number of carbonyl (C=O) groups is 1. The van der Waals surface area contributed by atoms with Gasteiger partial charge >= 0.3 is 5.97 Å². The molecule has 0 spiro atoms. The molecule has 1 aromatic carbocycles. The highest BCUT2D eigenvalue weighted by Gasteiger charge is 2.27. The summed E-state index contributed by atoms with van der Waals surface area (Å²) in [6, 6.07) is 2.95. The first-order chi connectivity index (χ1) is 14.3. The summed E-state index contributed by atoms with van der Waals surface area (Å²) in [7, 11) is -3.20. The van der Waals surface area contributed by atoms with E-state index in [-0.39, 0.29) is 16.2 Å². The van der Waals surface area contributed by atoms with Gasteiger partial charge in [-0.2, -0.15) is 10.6 Å². The second-order valence-corrected chi connectivity index (χ2v) is 9.82. The Morgan fingerprint density at radius 1 is 1.10 bits per heavy atom. The van der Waals surface area contributed by atoms with E-state index < -0.39 is 16.6 Å². The van der Waals surface area contributed by atoms with Crippen LogP contribution in [0.2, 0.25) is 0 Å². The monoisotopic (exact) mass is 437 g/mol. The molecule has 1 aliphatic rings. The van der Waals surface area contributed by atoms with Crippen LogP contribution in [0.25, 0.3) is 0 Å². The van der Waals surface area contributed by atoms with Crippen molar-refractivity contribution in [3.8, 4) is 5.75 Å². The van der Waals surface area contributed by atoms with Crippen molar-refractivity contribution in [2.24, 2.45) is 0 Å². The lowest BCUT2D eigenvalue weighted by molar-refractivity contribution is 0.0696. The highest BCUT2D eigenvalue weighted by molar-refractivity contribution is 8.24. The third-order valence-electron chi connectivity index (χ3n) is 5.12. The number of nitrogens with zero attached hydrogens (tertiary/aromatic N) is 1. The van der Waals surface area contributed by atoms with E-state index in [2.05, 4.69) is 18.7 Å². The second kappa shape index (κ2) is 11.4. The molecule has 7 heteroatoms. The minimum atomic E-state index is -3.20. The lowest BCUT2D eigenvalue weighted by atomic mass is 10.1. The normalized spacial score (nSPS) is 14.4. The summed E-state index contributed by atoms with van der Waals surface area (Å²) >= 11 is 0. The van der Waals surface area contributed by atoms with Crippen LogP contribution in [0, 0.1) is 0 Å². The highest BCUT2D eigenvalue weighted by atomic mass is 32.3. The maximum atomic E-state index is 11.8. The Labute approximate surface area is 181 Å². The van der Waals surface area contributed by atoms with Gasteiger partial charge in [-0.3, -0.25) is 9.11 Å². The maximum absolute atomic E-state index is 11.8. The topological polar surface area (TPSA) is 90.2 Å². The highest BCUT2D eigenvalue weighted by Crippen LogP contribution is 2.55. The van der Waals surface area contributed by atoms with E-state index in [1.54, 1.807) is 13.0 Å². The Morgan fingerprint density at radius 3 is 2.27 bits per heavy atom. The molecule has 1 aliphatic carbocycles. The van der Waals surface area contributed by atoms with Crippen molar-refractivity contribution in [1.82, 2.24) is 0 Å². The van der Waals surface area contributed by atoms with Crippen molar-refractivity contribution in [3.05, 3.63) is 41.7 Å². The van der Waals surface area contributed by atoms with E-state index in [0.29, 0.717) is 17.2 Å². The van der Waals surface area contributed by atoms with Gasteiger partial charge in [-0.15, -0.1) is 0 Å². The molecule has 1 aromatic rings. The van der Waals surface area contributed by atoms with E-state index in [0.717, 1.165) is 51.6 Å². The molecule has 2 rings (SSSR count). The summed E-state index contributed by atoms with van der Waals surface area (Å²) in [5, 5.41) is 9.68. The van der Waals surface area contributed by atoms with Gasteiger partial charge in [0.15, 0.2) is 5.75 Å². The van der Waals surface area contributed by atoms with Crippen molar-refractivity contribution in [2.75, 3.05) is 23.7 Å². The average Bonchev–Trinajstić information content (AvgIpc) is 2.74.